The van der Waals surface area contributed by atoms with Gasteiger partial charge in [0.25, 0.3) is 0 Å². The fourth-order valence-electron chi connectivity index (χ4n) is 11.4. The number of likely N-dealkylation sites (tertiary alicyclic amines) is 1. The number of nitrogens with zero attached hydrogens (tertiary/aromatic N) is 5. The van der Waals surface area contributed by atoms with E-state index in [1.165, 1.54) is 39.1 Å². The van der Waals surface area contributed by atoms with E-state index >= 15 is 0 Å². The molecule has 1 saturated heterocycles. The van der Waals surface area contributed by atoms with E-state index in [1.807, 2.05) is 0 Å². The van der Waals surface area contributed by atoms with E-state index in [0.717, 1.165) is 61.0 Å². The lowest BCUT2D eigenvalue weighted by atomic mass is 9.77. The van der Waals surface area contributed by atoms with Crippen LogP contribution in [-0.2, 0) is 0 Å². The van der Waals surface area contributed by atoms with Crippen molar-refractivity contribution in [2.24, 2.45) is 22.7 Å². The molecule has 12 rings (SSSR count). The lowest BCUT2D eigenvalue weighted by molar-refractivity contribution is 0.386. The Labute approximate surface area is 375 Å². The molecule has 4 aromatic rings. The summed E-state index contributed by atoms with van der Waals surface area (Å²) in [5.41, 5.74) is 10.4. The van der Waals surface area contributed by atoms with Crippen LogP contribution in [0.3, 0.4) is 0 Å². The highest BCUT2D eigenvalue weighted by molar-refractivity contribution is 8.04. The van der Waals surface area contributed by atoms with Gasteiger partial charge in [-0.3, -0.25) is 4.99 Å². The van der Waals surface area contributed by atoms with Crippen molar-refractivity contribution < 1.29 is 0 Å². The molecule has 0 saturated carbocycles. The average molecular weight is 838 g/mol. The van der Waals surface area contributed by atoms with Crippen LogP contribution in [-0.4, -0.2) is 43.0 Å². The minimum atomic E-state index is -0.168. The second kappa shape index (κ2) is 16.2. The second-order valence-corrected chi connectivity index (χ2v) is 19.4. The molecule has 0 radical (unpaired) electrons. The Morgan fingerprint density at radius 2 is 1.44 bits per heavy atom. The van der Waals surface area contributed by atoms with Gasteiger partial charge >= 0.3 is 0 Å². The van der Waals surface area contributed by atoms with Crippen molar-refractivity contribution in [3.05, 3.63) is 215 Å². The normalized spacial score (nSPS) is 29.8. The van der Waals surface area contributed by atoms with Crippen molar-refractivity contribution in [1.82, 2.24) is 19.9 Å². The maximum atomic E-state index is 5.96. The lowest BCUT2D eigenvalue weighted by Gasteiger charge is -2.40. The van der Waals surface area contributed by atoms with Gasteiger partial charge in [-0.15, -0.1) is 11.8 Å². The quantitative estimate of drug-likeness (QED) is 0.194. The number of thioether (sulfide) groups is 1. The molecule has 0 bridgehead atoms. The lowest BCUT2D eigenvalue weighted by Crippen LogP contribution is -2.44. The molecule has 5 nitrogen and oxygen atoms in total. The zero-order valence-corrected chi connectivity index (χ0v) is 36.4. The topological polar surface area (TPSA) is 54.3 Å². The Balaban J connectivity index is 1.03. The molecule has 1 fully saturated rings. The van der Waals surface area contributed by atoms with Crippen molar-refractivity contribution in [3.63, 3.8) is 0 Å². The summed E-state index contributed by atoms with van der Waals surface area (Å²) >= 11 is 2.10. The van der Waals surface area contributed by atoms with Crippen LogP contribution in [0.15, 0.2) is 197 Å². The number of amidine groups is 1. The van der Waals surface area contributed by atoms with Gasteiger partial charge in [-0.2, -0.15) is 0 Å². The van der Waals surface area contributed by atoms with Crippen LogP contribution in [0.1, 0.15) is 79.6 Å². The number of allylic oxidation sites excluding steroid dienone is 17. The van der Waals surface area contributed by atoms with Crippen LogP contribution >= 0.6 is 11.8 Å². The van der Waals surface area contributed by atoms with E-state index in [-0.39, 0.29) is 29.8 Å². The minimum absolute atomic E-state index is 0.0234. The molecule has 4 heterocycles. The highest BCUT2D eigenvalue weighted by atomic mass is 32.2. The molecule has 3 aromatic carbocycles. The molecule has 3 aliphatic heterocycles. The second-order valence-electron chi connectivity index (χ2n) is 18.2. The summed E-state index contributed by atoms with van der Waals surface area (Å²) in [4.78, 5) is 26.4. The number of benzene rings is 3. The first kappa shape index (κ1) is 38.6. The van der Waals surface area contributed by atoms with Gasteiger partial charge in [-0.1, -0.05) is 164 Å². The molecule has 0 N–H and O–H groups in total. The SMILES string of the molecule is CC1N=C(N2C3=CC=CCC3C3C4=C(C=CC32)C2C=CC=CC2S4)C(c2nc(-c3ccccc3)nc(C3C=CC=CC3)n2)CC1c1cc(C2=CC=CCC2)cc(-c2ccccc2)c1. The number of hydrogen-bond donors (Lipinski definition) is 0. The van der Waals surface area contributed by atoms with Gasteiger partial charge in [-0.25, -0.2) is 15.0 Å². The van der Waals surface area contributed by atoms with E-state index in [9.17, 15) is 0 Å². The molecule has 8 aliphatic rings. The number of aromatic nitrogens is 3. The molecule has 5 aliphatic carbocycles. The third-order valence-corrected chi connectivity index (χ3v) is 16.0. The van der Waals surface area contributed by atoms with Gasteiger partial charge in [0.2, 0.25) is 0 Å². The van der Waals surface area contributed by atoms with Gasteiger partial charge in [0.1, 0.15) is 17.5 Å². The van der Waals surface area contributed by atoms with Crippen LogP contribution in [0.4, 0.5) is 0 Å². The van der Waals surface area contributed by atoms with Gasteiger partial charge in [-0.05, 0) is 89.5 Å². The molecule has 63 heavy (non-hydrogen) atoms. The fraction of sp³-hybridized carbons (Fsp3) is 0.263. The maximum Gasteiger partial charge on any atom is 0.163 e. The summed E-state index contributed by atoms with van der Waals surface area (Å²) in [7, 11) is 0. The van der Waals surface area contributed by atoms with Crippen molar-refractivity contribution in [2.75, 3.05) is 0 Å². The molecular formula is C57H51N5S. The molecule has 1 aromatic heterocycles. The minimum Gasteiger partial charge on any atom is -0.325 e. The smallest absolute Gasteiger partial charge is 0.163 e. The van der Waals surface area contributed by atoms with E-state index in [4.69, 9.17) is 19.9 Å². The predicted octanol–water partition coefficient (Wildman–Crippen LogP) is 13.0. The summed E-state index contributed by atoms with van der Waals surface area (Å²) < 4.78 is 0. The van der Waals surface area contributed by atoms with E-state index < -0.39 is 0 Å². The van der Waals surface area contributed by atoms with Gasteiger partial charge in [0.15, 0.2) is 5.82 Å². The van der Waals surface area contributed by atoms with Crippen molar-refractivity contribution in [3.8, 4) is 22.5 Å². The number of aliphatic imine (C=N–C) groups is 1. The molecule has 0 spiro atoms. The highest BCUT2D eigenvalue weighted by Crippen LogP contribution is 2.59. The first-order chi connectivity index (χ1) is 31.1. The van der Waals surface area contributed by atoms with Crippen LogP contribution in [0, 0.1) is 17.8 Å². The zero-order valence-electron chi connectivity index (χ0n) is 35.6. The summed E-state index contributed by atoms with van der Waals surface area (Å²) in [6.45, 7) is 2.35. The third kappa shape index (κ3) is 6.94. The largest absolute Gasteiger partial charge is 0.325 e. The molecular weight excluding hydrogens is 787 g/mol. The molecule has 9 unspecified atom stereocenters. The van der Waals surface area contributed by atoms with Crippen LogP contribution in [0.2, 0.25) is 0 Å². The Morgan fingerprint density at radius 3 is 2.27 bits per heavy atom. The first-order valence-electron chi connectivity index (χ1n) is 23.0. The van der Waals surface area contributed by atoms with E-state index in [0.29, 0.717) is 23.0 Å². The summed E-state index contributed by atoms with van der Waals surface area (Å²) in [5.74, 6) is 4.70. The third-order valence-electron chi connectivity index (χ3n) is 14.5. The average Bonchev–Trinajstić information content (AvgIpc) is 3.91. The Kier molecular flexibility index (Phi) is 9.93. The first-order valence-corrected chi connectivity index (χ1v) is 23.9. The number of rotatable bonds is 6. The fourth-order valence-corrected chi connectivity index (χ4v) is 13.0. The standard InChI is InChI=1S/C57H51N5S/c1-36-47(43-33-41(37-18-6-2-7-19-37)32-42(34-43)38-20-8-3-9-21-38)35-48(56-60-54(39-22-10-4-11-23-39)59-55(61-56)40-24-12-5-13-25-40)57(58-36)62-49-28-16-14-27-46(49)52-50(62)31-30-45-44-26-15-17-29-51(44)63-53(45)52/h2-8,10-20,22-24,26,28-34,36,40,44,46-48,50-52H,9,21,25,27,35H2,1H3. The summed E-state index contributed by atoms with van der Waals surface area (Å²) in [6, 6.07) is 28.8. The van der Waals surface area contributed by atoms with Crippen molar-refractivity contribution in [2.45, 2.75) is 74.1 Å². The van der Waals surface area contributed by atoms with Crippen LogP contribution in [0.5, 0.6) is 0 Å². The van der Waals surface area contributed by atoms with Gasteiger partial charge in [0.05, 0.1) is 18.0 Å². The number of hydrogen-bond acceptors (Lipinski definition) is 6. The van der Waals surface area contributed by atoms with E-state index in [1.54, 1.807) is 4.91 Å². The van der Waals surface area contributed by atoms with Crippen molar-refractivity contribution >= 4 is 23.2 Å². The Hall–Kier alpha value is -6.11. The predicted molar refractivity (Wildman–Crippen MR) is 260 cm³/mol. The molecule has 9 atom stereocenters. The maximum absolute atomic E-state index is 5.96. The van der Waals surface area contributed by atoms with Gasteiger partial charge < -0.3 is 4.90 Å². The molecule has 6 heteroatoms. The highest BCUT2D eigenvalue weighted by Gasteiger charge is 2.54. The van der Waals surface area contributed by atoms with Crippen molar-refractivity contribution in [1.29, 1.82) is 0 Å². The zero-order chi connectivity index (χ0) is 41.9. The summed E-state index contributed by atoms with van der Waals surface area (Å²) in [6.07, 6.45) is 41.7. The van der Waals surface area contributed by atoms with Crippen LogP contribution < -0.4 is 0 Å². The monoisotopic (exact) mass is 837 g/mol. The Morgan fingerprint density at radius 1 is 0.667 bits per heavy atom. The van der Waals surface area contributed by atoms with Gasteiger partial charge in [0, 0.05) is 46.1 Å². The molecule has 0 amide bonds. The van der Waals surface area contributed by atoms with Crippen LogP contribution in [0.25, 0.3) is 28.1 Å². The Bertz CT molecular complexity index is 2820. The van der Waals surface area contributed by atoms with E-state index in [2.05, 4.69) is 200 Å². The molecule has 310 valence electrons. The summed E-state index contributed by atoms with van der Waals surface area (Å²) in [5, 5.41) is 0.463. The number of fused-ring (bicyclic) bond motifs is 6.